The average Bonchev–Trinajstić information content (AvgIpc) is 2.81. The molecule has 1 fully saturated rings. The molecule has 1 aliphatic rings. The van der Waals surface area contributed by atoms with Crippen molar-refractivity contribution in [2.75, 3.05) is 32.6 Å². The van der Waals surface area contributed by atoms with Gasteiger partial charge in [-0.05, 0) is 19.1 Å². The molecule has 1 amide bonds. The van der Waals surface area contributed by atoms with E-state index in [9.17, 15) is 14.7 Å². The number of carboxylic acids is 1. The number of ether oxygens (including phenoxy) is 1. The Morgan fingerprint density at radius 3 is 2.71 bits per heavy atom. The summed E-state index contributed by atoms with van der Waals surface area (Å²) < 4.78 is 5.27. The van der Waals surface area contributed by atoms with Gasteiger partial charge in [-0.2, -0.15) is 0 Å². The molecule has 7 heteroatoms. The van der Waals surface area contributed by atoms with Crippen LogP contribution in [0.4, 0.5) is 5.82 Å². The van der Waals surface area contributed by atoms with Gasteiger partial charge >= 0.3 is 5.97 Å². The standard InChI is InChI=1S/C14H19N3O4/c1-14(13(19)20)8-21-7-10(14)16-11-5-4-9(6-15-11)12(18)17(2)3/h4-6,10H,7-8H2,1-3H3,(H,15,16)(H,19,20). The van der Waals surface area contributed by atoms with E-state index in [1.807, 2.05) is 0 Å². The number of pyridine rings is 1. The fourth-order valence-corrected chi connectivity index (χ4v) is 2.13. The SMILES string of the molecule is CN(C)C(=O)c1ccc(NC2COCC2(C)C(=O)O)nc1. The number of carboxylic acid groups (broad SMARTS) is 1. The first-order valence-electron chi connectivity index (χ1n) is 6.60. The van der Waals surface area contributed by atoms with Crippen LogP contribution in [-0.2, 0) is 9.53 Å². The molecule has 2 atom stereocenters. The van der Waals surface area contributed by atoms with E-state index in [2.05, 4.69) is 10.3 Å². The number of carbonyl (C=O) groups is 2. The van der Waals surface area contributed by atoms with E-state index in [-0.39, 0.29) is 18.6 Å². The molecule has 0 saturated carbocycles. The lowest BCUT2D eigenvalue weighted by Gasteiger charge is -2.25. The number of hydrogen-bond acceptors (Lipinski definition) is 5. The quantitative estimate of drug-likeness (QED) is 0.848. The van der Waals surface area contributed by atoms with Crippen LogP contribution in [0.15, 0.2) is 18.3 Å². The largest absolute Gasteiger partial charge is 0.481 e. The van der Waals surface area contributed by atoms with Gasteiger partial charge in [-0.3, -0.25) is 9.59 Å². The Hall–Kier alpha value is -2.15. The third kappa shape index (κ3) is 2.97. The predicted molar refractivity (Wildman–Crippen MR) is 76.2 cm³/mol. The molecule has 1 aromatic heterocycles. The second-order valence-electron chi connectivity index (χ2n) is 5.57. The number of aromatic nitrogens is 1. The number of rotatable bonds is 4. The number of nitrogens with zero attached hydrogens (tertiary/aromatic N) is 2. The zero-order valence-electron chi connectivity index (χ0n) is 12.3. The number of hydrogen-bond donors (Lipinski definition) is 2. The highest BCUT2D eigenvalue weighted by atomic mass is 16.5. The monoisotopic (exact) mass is 293 g/mol. The van der Waals surface area contributed by atoms with E-state index in [1.54, 1.807) is 33.2 Å². The summed E-state index contributed by atoms with van der Waals surface area (Å²) >= 11 is 0. The average molecular weight is 293 g/mol. The number of nitrogens with one attached hydrogen (secondary N) is 1. The normalized spacial score (nSPS) is 24.6. The van der Waals surface area contributed by atoms with Gasteiger partial charge < -0.3 is 20.1 Å². The van der Waals surface area contributed by atoms with Crippen LogP contribution in [0.1, 0.15) is 17.3 Å². The minimum atomic E-state index is -0.986. The Kier molecular flexibility index (Phi) is 4.13. The van der Waals surface area contributed by atoms with Gasteiger partial charge in [0.1, 0.15) is 11.2 Å². The lowest BCUT2D eigenvalue weighted by molar-refractivity contribution is -0.148. The number of aliphatic carboxylic acids is 1. The Bertz CT molecular complexity index is 544. The van der Waals surface area contributed by atoms with Gasteiger partial charge in [0.15, 0.2) is 0 Å². The van der Waals surface area contributed by atoms with Crippen molar-refractivity contribution in [1.29, 1.82) is 0 Å². The summed E-state index contributed by atoms with van der Waals surface area (Å²) in [6, 6.07) is 2.96. The molecule has 2 N–H and O–H groups in total. The Balaban J connectivity index is 2.10. The van der Waals surface area contributed by atoms with Gasteiger partial charge in [0.25, 0.3) is 5.91 Å². The van der Waals surface area contributed by atoms with Crippen molar-refractivity contribution in [3.8, 4) is 0 Å². The summed E-state index contributed by atoms with van der Waals surface area (Å²) in [7, 11) is 3.34. The van der Waals surface area contributed by atoms with E-state index < -0.39 is 11.4 Å². The van der Waals surface area contributed by atoms with Crippen molar-refractivity contribution >= 4 is 17.7 Å². The molecule has 2 unspecified atom stereocenters. The van der Waals surface area contributed by atoms with Gasteiger partial charge in [-0.25, -0.2) is 4.98 Å². The van der Waals surface area contributed by atoms with E-state index in [4.69, 9.17) is 4.74 Å². The zero-order valence-corrected chi connectivity index (χ0v) is 12.3. The second-order valence-corrected chi connectivity index (χ2v) is 5.57. The molecule has 7 nitrogen and oxygen atoms in total. The molecular weight excluding hydrogens is 274 g/mol. The highest BCUT2D eigenvalue weighted by Crippen LogP contribution is 2.30. The van der Waals surface area contributed by atoms with E-state index in [0.717, 1.165) is 0 Å². The Morgan fingerprint density at radius 2 is 2.19 bits per heavy atom. The van der Waals surface area contributed by atoms with E-state index in [1.165, 1.54) is 11.1 Å². The van der Waals surface area contributed by atoms with Crippen molar-refractivity contribution in [3.63, 3.8) is 0 Å². The molecule has 1 aromatic rings. The van der Waals surface area contributed by atoms with Crippen LogP contribution < -0.4 is 5.32 Å². The Labute approximate surface area is 122 Å². The maximum atomic E-state index is 11.8. The highest BCUT2D eigenvalue weighted by molar-refractivity contribution is 5.93. The van der Waals surface area contributed by atoms with Crippen LogP contribution in [0, 0.1) is 5.41 Å². The van der Waals surface area contributed by atoms with Crippen LogP contribution in [0.5, 0.6) is 0 Å². The highest BCUT2D eigenvalue weighted by Gasteiger charge is 2.46. The molecule has 2 heterocycles. The fraction of sp³-hybridized carbons (Fsp3) is 0.500. The van der Waals surface area contributed by atoms with Gasteiger partial charge in [0.2, 0.25) is 0 Å². The van der Waals surface area contributed by atoms with Gasteiger partial charge in [0, 0.05) is 20.3 Å². The van der Waals surface area contributed by atoms with Gasteiger partial charge in [-0.1, -0.05) is 0 Å². The summed E-state index contributed by atoms with van der Waals surface area (Å²) in [5.41, 5.74) is -0.506. The maximum Gasteiger partial charge on any atom is 0.313 e. The van der Waals surface area contributed by atoms with Crippen molar-refractivity contribution < 1.29 is 19.4 Å². The molecule has 0 spiro atoms. The first-order chi connectivity index (χ1) is 9.84. The van der Waals surface area contributed by atoms with E-state index >= 15 is 0 Å². The van der Waals surface area contributed by atoms with Crippen LogP contribution in [0.3, 0.4) is 0 Å². The molecule has 0 radical (unpaired) electrons. The lowest BCUT2D eigenvalue weighted by atomic mass is 9.85. The second kappa shape index (κ2) is 5.69. The molecule has 1 saturated heterocycles. The van der Waals surface area contributed by atoms with Crippen LogP contribution in [0.2, 0.25) is 0 Å². The van der Waals surface area contributed by atoms with Gasteiger partial charge in [0.05, 0.1) is 24.8 Å². The minimum Gasteiger partial charge on any atom is -0.481 e. The molecule has 0 aromatic carbocycles. The molecule has 114 valence electrons. The lowest BCUT2D eigenvalue weighted by Crippen LogP contribution is -2.43. The van der Waals surface area contributed by atoms with Gasteiger partial charge in [-0.15, -0.1) is 0 Å². The zero-order chi connectivity index (χ0) is 15.6. The van der Waals surface area contributed by atoms with E-state index in [0.29, 0.717) is 18.0 Å². The smallest absolute Gasteiger partial charge is 0.313 e. The summed E-state index contributed by atoms with van der Waals surface area (Å²) in [6.45, 7) is 2.12. The summed E-state index contributed by atoms with van der Waals surface area (Å²) in [6.07, 6.45) is 1.47. The molecule has 1 aliphatic heterocycles. The fourth-order valence-electron chi connectivity index (χ4n) is 2.13. The summed E-state index contributed by atoms with van der Waals surface area (Å²) in [5, 5.41) is 12.4. The van der Waals surface area contributed by atoms with Crippen LogP contribution in [-0.4, -0.2) is 60.2 Å². The van der Waals surface area contributed by atoms with Crippen molar-refractivity contribution in [1.82, 2.24) is 9.88 Å². The topological polar surface area (TPSA) is 91.8 Å². The Morgan fingerprint density at radius 1 is 1.48 bits per heavy atom. The first kappa shape index (κ1) is 15.2. The molecule has 2 rings (SSSR count). The first-order valence-corrected chi connectivity index (χ1v) is 6.60. The summed E-state index contributed by atoms with van der Waals surface area (Å²) in [4.78, 5) is 28.7. The number of carbonyl (C=O) groups excluding carboxylic acids is 1. The minimum absolute atomic E-state index is 0.131. The molecular formula is C14H19N3O4. The molecule has 0 aliphatic carbocycles. The maximum absolute atomic E-state index is 11.8. The summed E-state index contributed by atoms with van der Waals surface area (Å²) in [5.74, 6) is -0.515. The van der Waals surface area contributed by atoms with Crippen LogP contribution >= 0.6 is 0 Å². The number of amides is 1. The third-order valence-corrected chi connectivity index (χ3v) is 3.68. The predicted octanol–water partition coefficient (Wildman–Crippen LogP) is 0.685. The molecule has 0 bridgehead atoms. The third-order valence-electron chi connectivity index (χ3n) is 3.68. The molecule has 21 heavy (non-hydrogen) atoms. The van der Waals surface area contributed by atoms with Crippen molar-refractivity contribution in [2.45, 2.75) is 13.0 Å². The van der Waals surface area contributed by atoms with Crippen molar-refractivity contribution in [2.24, 2.45) is 5.41 Å². The van der Waals surface area contributed by atoms with Crippen molar-refractivity contribution in [3.05, 3.63) is 23.9 Å². The van der Waals surface area contributed by atoms with Crippen LogP contribution in [0.25, 0.3) is 0 Å². The number of anilines is 1.